The summed E-state index contributed by atoms with van der Waals surface area (Å²) >= 11 is 0. The molecule has 33 heavy (non-hydrogen) atoms. The number of fused-ring (bicyclic) bond motifs is 1. The number of likely N-dealkylation sites (tertiary alicyclic amines) is 2. The number of carbonyl (C=O) groups is 2. The quantitative estimate of drug-likeness (QED) is 0.680. The Kier molecular flexibility index (Phi) is 6.53. The van der Waals surface area contributed by atoms with Crippen LogP contribution in [0.2, 0.25) is 0 Å². The number of nitrogens with zero attached hydrogens (tertiary/aromatic N) is 4. The maximum absolute atomic E-state index is 13.0. The number of hydrogen-bond acceptors (Lipinski definition) is 6. The largest absolute Gasteiger partial charge is 0.444 e. The van der Waals surface area contributed by atoms with E-state index in [1.54, 1.807) is 0 Å². The normalized spacial score (nSPS) is 30.1. The first-order valence-electron chi connectivity index (χ1n) is 12.4. The molecule has 0 aromatic carbocycles. The van der Waals surface area contributed by atoms with Gasteiger partial charge in [-0.3, -0.25) is 9.69 Å². The lowest BCUT2D eigenvalue weighted by atomic mass is 9.67. The number of allylic oxidation sites excluding steroid dienone is 1. The molecule has 3 aliphatic heterocycles. The van der Waals surface area contributed by atoms with Gasteiger partial charge in [0.1, 0.15) is 5.60 Å². The van der Waals surface area contributed by atoms with E-state index in [9.17, 15) is 9.59 Å². The van der Waals surface area contributed by atoms with Crippen LogP contribution in [0.1, 0.15) is 47.0 Å². The molecule has 2 N–H and O–H groups in total. The molecular weight excluding hydrogens is 418 g/mol. The average Bonchev–Trinajstić information content (AvgIpc) is 2.77. The zero-order valence-electron chi connectivity index (χ0n) is 21.0. The highest BCUT2D eigenvalue weighted by atomic mass is 16.6. The summed E-state index contributed by atoms with van der Waals surface area (Å²) in [4.78, 5) is 34.0. The summed E-state index contributed by atoms with van der Waals surface area (Å²) in [5.41, 5.74) is 7.76. The number of nitrogens with two attached hydrogens (primary N) is 1. The molecule has 3 fully saturated rings. The molecule has 0 spiro atoms. The predicted octanol–water partition coefficient (Wildman–Crippen LogP) is 2.02. The maximum Gasteiger partial charge on any atom is 0.410 e. The molecule has 4 rings (SSSR count). The van der Waals surface area contributed by atoms with Crippen LogP contribution in [0.4, 0.5) is 4.79 Å². The van der Waals surface area contributed by atoms with Crippen molar-refractivity contribution in [2.45, 2.75) is 64.6 Å². The Bertz CT molecular complexity index is 831. The van der Waals surface area contributed by atoms with E-state index in [-0.39, 0.29) is 18.0 Å². The Labute approximate surface area is 198 Å². The van der Waals surface area contributed by atoms with Gasteiger partial charge in [-0.05, 0) is 58.6 Å². The summed E-state index contributed by atoms with van der Waals surface area (Å²) in [7, 11) is 1.88. The summed E-state index contributed by atoms with van der Waals surface area (Å²) in [6.45, 7) is 13.7. The lowest BCUT2D eigenvalue weighted by Crippen LogP contribution is -2.57. The number of piperazine rings is 1. The number of carbonyl (C=O) groups excluding carboxylic acids is 2. The molecule has 8 nitrogen and oxygen atoms in total. The smallest absolute Gasteiger partial charge is 0.410 e. The van der Waals surface area contributed by atoms with Gasteiger partial charge < -0.3 is 25.2 Å². The van der Waals surface area contributed by atoms with Crippen LogP contribution in [-0.4, -0.2) is 102 Å². The van der Waals surface area contributed by atoms with E-state index in [1.165, 1.54) is 11.3 Å². The average molecular weight is 460 g/mol. The fourth-order valence-electron chi connectivity index (χ4n) is 5.76. The lowest BCUT2D eigenvalue weighted by molar-refractivity contribution is -0.140. The van der Waals surface area contributed by atoms with E-state index in [1.807, 2.05) is 50.6 Å². The van der Waals surface area contributed by atoms with Crippen molar-refractivity contribution in [2.24, 2.45) is 11.1 Å². The van der Waals surface area contributed by atoms with Gasteiger partial charge in [-0.25, -0.2) is 4.79 Å². The first kappa shape index (κ1) is 24.1. The van der Waals surface area contributed by atoms with Gasteiger partial charge in [0.25, 0.3) is 0 Å². The van der Waals surface area contributed by atoms with E-state index in [2.05, 4.69) is 15.9 Å². The third-order valence-corrected chi connectivity index (χ3v) is 7.84. The molecular formula is C25H41N5O3. The van der Waals surface area contributed by atoms with Crippen LogP contribution in [0.25, 0.3) is 0 Å². The van der Waals surface area contributed by atoms with Gasteiger partial charge in [-0.15, -0.1) is 0 Å². The van der Waals surface area contributed by atoms with E-state index < -0.39 is 11.0 Å². The molecule has 4 aliphatic rings. The molecule has 0 aromatic heterocycles. The highest BCUT2D eigenvalue weighted by Gasteiger charge is 2.49. The summed E-state index contributed by atoms with van der Waals surface area (Å²) in [5.74, 6) is 0.135. The zero-order valence-corrected chi connectivity index (χ0v) is 21.0. The fraction of sp³-hybridized carbons (Fsp3) is 0.760. The van der Waals surface area contributed by atoms with Crippen LogP contribution >= 0.6 is 0 Å². The molecule has 184 valence electrons. The molecule has 0 radical (unpaired) electrons. The Morgan fingerprint density at radius 1 is 1.09 bits per heavy atom. The maximum atomic E-state index is 13.0. The second-order valence-corrected chi connectivity index (χ2v) is 11.1. The molecule has 3 saturated heterocycles. The first-order valence-corrected chi connectivity index (χ1v) is 12.4. The number of amides is 2. The lowest BCUT2D eigenvalue weighted by Gasteiger charge is -2.48. The van der Waals surface area contributed by atoms with Gasteiger partial charge in [-0.2, -0.15) is 0 Å². The number of ether oxygens (including phenoxy) is 1. The Hall–Kier alpha value is -2.06. The SMILES string of the molecule is CN1CCC2=C(N3CCC(N4CCN(C(=O)OC(C)(C)C)CC4)CC3)C=CC(N)C2(C)C1=O. The van der Waals surface area contributed by atoms with Gasteiger partial charge in [0, 0.05) is 70.6 Å². The van der Waals surface area contributed by atoms with Crippen LogP contribution in [0.3, 0.4) is 0 Å². The van der Waals surface area contributed by atoms with Crippen LogP contribution in [-0.2, 0) is 9.53 Å². The van der Waals surface area contributed by atoms with Gasteiger partial charge >= 0.3 is 6.09 Å². The molecule has 2 amide bonds. The van der Waals surface area contributed by atoms with E-state index >= 15 is 0 Å². The first-order chi connectivity index (χ1) is 15.5. The van der Waals surface area contributed by atoms with E-state index in [0.717, 1.165) is 65.1 Å². The van der Waals surface area contributed by atoms with Gasteiger partial charge in [0.05, 0.1) is 5.41 Å². The Balaban J connectivity index is 1.35. The monoisotopic (exact) mass is 459 g/mol. The second-order valence-electron chi connectivity index (χ2n) is 11.1. The number of piperidine rings is 2. The third kappa shape index (κ3) is 4.64. The van der Waals surface area contributed by atoms with Crippen molar-refractivity contribution < 1.29 is 14.3 Å². The molecule has 0 bridgehead atoms. The standard InChI is InChI=1S/C25H41N5O3/c1-24(2,3)33-23(32)30-16-14-28(15-17-30)18-8-12-29(13-9-18)20-6-7-21(26)25(4)19(20)10-11-27(5)22(25)31/h6-7,18,21H,8-17,26H2,1-5H3. The minimum atomic E-state index is -0.633. The summed E-state index contributed by atoms with van der Waals surface area (Å²) in [6.07, 6.45) is 7.03. The minimum absolute atomic E-state index is 0.135. The van der Waals surface area contributed by atoms with Crippen molar-refractivity contribution in [1.82, 2.24) is 19.6 Å². The fourth-order valence-corrected chi connectivity index (χ4v) is 5.76. The number of hydrogen-bond donors (Lipinski definition) is 1. The summed E-state index contributed by atoms with van der Waals surface area (Å²) in [5, 5.41) is 0. The van der Waals surface area contributed by atoms with Crippen LogP contribution in [0.15, 0.2) is 23.4 Å². The molecule has 3 heterocycles. The molecule has 8 heteroatoms. The number of rotatable bonds is 2. The van der Waals surface area contributed by atoms with Crippen molar-refractivity contribution in [3.8, 4) is 0 Å². The van der Waals surface area contributed by atoms with Crippen LogP contribution in [0, 0.1) is 5.41 Å². The topological polar surface area (TPSA) is 82.3 Å². The van der Waals surface area contributed by atoms with Gasteiger partial charge in [0.2, 0.25) is 5.91 Å². The highest BCUT2D eigenvalue weighted by Crippen LogP contribution is 2.44. The van der Waals surface area contributed by atoms with Crippen LogP contribution < -0.4 is 5.73 Å². The van der Waals surface area contributed by atoms with Gasteiger partial charge in [0.15, 0.2) is 0 Å². The third-order valence-electron chi connectivity index (χ3n) is 7.84. The van der Waals surface area contributed by atoms with Gasteiger partial charge in [-0.1, -0.05) is 6.08 Å². The molecule has 2 unspecified atom stereocenters. The minimum Gasteiger partial charge on any atom is -0.444 e. The Morgan fingerprint density at radius 2 is 1.73 bits per heavy atom. The van der Waals surface area contributed by atoms with Crippen LogP contribution in [0.5, 0.6) is 0 Å². The molecule has 0 aromatic rings. The zero-order chi connectivity index (χ0) is 24.0. The van der Waals surface area contributed by atoms with Crippen molar-refractivity contribution >= 4 is 12.0 Å². The summed E-state index contributed by atoms with van der Waals surface area (Å²) in [6, 6.07) is 0.262. The summed E-state index contributed by atoms with van der Waals surface area (Å²) < 4.78 is 5.53. The highest BCUT2D eigenvalue weighted by molar-refractivity contribution is 5.88. The van der Waals surface area contributed by atoms with E-state index in [4.69, 9.17) is 10.5 Å². The Morgan fingerprint density at radius 3 is 2.33 bits per heavy atom. The van der Waals surface area contributed by atoms with E-state index in [0.29, 0.717) is 6.04 Å². The van der Waals surface area contributed by atoms with Crippen molar-refractivity contribution in [3.05, 3.63) is 23.4 Å². The van der Waals surface area contributed by atoms with Crippen molar-refractivity contribution in [1.29, 1.82) is 0 Å². The van der Waals surface area contributed by atoms with Crippen molar-refractivity contribution in [2.75, 3.05) is 52.9 Å². The predicted molar refractivity (Wildman–Crippen MR) is 128 cm³/mol. The molecule has 1 aliphatic carbocycles. The molecule has 2 atom stereocenters. The van der Waals surface area contributed by atoms with Crippen molar-refractivity contribution in [3.63, 3.8) is 0 Å². The second kappa shape index (κ2) is 8.95. The molecule has 0 saturated carbocycles.